The van der Waals surface area contributed by atoms with Gasteiger partial charge in [0.25, 0.3) is 11.5 Å². The second kappa shape index (κ2) is 10.8. The first kappa shape index (κ1) is 25.9. The first-order chi connectivity index (χ1) is 17.7. The van der Waals surface area contributed by atoms with Crippen LogP contribution in [0, 0.1) is 0 Å². The Morgan fingerprint density at radius 1 is 0.865 bits per heavy atom. The van der Waals surface area contributed by atoms with Crippen molar-refractivity contribution in [2.75, 3.05) is 13.1 Å². The van der Waals surface area contributed by atoms with Crippen molar-refractivity contribution in [2.45, 2.75) is 39.5 Å². The highest BCUT2D eigenvalue weighted by Crippen LogP contribution is 2.24. The predicted molar refractivity (Wildman–Crippen MR) is 147 cm³/mol. The number of H-pyrrole nitrogens is 1. The number of Topliss-reactive ketones (excluding diaryl/α,β-unsaturated/α-hetero) is 1. The number of rotatable bonds is 8. The molecule has 190 valence electrons. The number of hydrogen-bond donors (Lipinski definition) is 1. The summed E-state index contributed by atoms with van der Waals surface area (Å²) in [6, 6.07) is 26.0. The molecule has 0 aliphatic rings. The number of nitrogens with zero attached hydrogens (tertiary/aromatic N) is 2. The Balaban J connectivity index is 1.70. The topological polar surface area (TPSA) is 75.2 Å². The van der Waals surface area contributed by atoms with Crippen LogP contribution in [0.25, 0.3) is 16.9 Å². The molecule has 6 nitrogen and oxygen atoms in total. The molecule has 0 unspecified atom stereocenters. The predicted octanol–water partition coefficient (Wildman–Crippen LogP) is 5.87. The molecule has 1 amide bonds. The number of nitrogens with one attached hydrogen (secondary N) is 1. The molecule has 0 bridgehead atoms. The molecule has 3 aromatic carbocycles. The van der Waals surface area contributed by atoms with Gasteiger partial charge in [-0.25, -0.2) is 4.68 Å². The summed E-state index contributed by atoms with van der Waals surface area (Å²) >= 11 is 0. The van der Waals surface area contributed by atoms with Gasteiger partial charge in [0, 0.05) is 17.7 Å². The quantitative estimate of drug-likeness (QED) is 0.311. The van der Waals surface area contributed by atoms with Crippen molar-refractivity contribution < 1.29 is 9.59 Å². The molecule has 0 saturated carbocycles. The van der Waals surface area contributed by atoms with Crippen LogP contribution in [0.1, 0.15) is 60.4 Å². The van der Waals surface area contributed by atoms with E-state index in [1.54, 1.807) is 12.1 Å². The highest BCUT2D eigenvalue weighted by atomic mass is 16.2. The summed E-state index contributed by atoms with van der Waals surface area (Å²) in [7, 11) is 0. The van der Waals surface area contributed by atoms with Crippen LogP contribution in [0.5, 0.6) is 0 Å². The number of aromatic amines is 1. The van der Waals surface area contributed by atoms with Crippen LogP contribution in [0.2, 0.25) is 0 Å². The third-order valence-corrected chi connectivity index (χ3v) is 6.36. The van der Waals surface area contributed by atoms with Crippen molar-refractivity contribution >= 4 is 11.7 Å². The molecule has 6 heteroatoms. The molecule has 1 N–H and O–H groups in total. The fraction of sp³-hybridized carbons (Fsp3) is 0.258. The van der Waals surface area contributed by atoms with Gasteiger partial charge in [0.15, 0.2) is 5.78 Å². The molecule has 37 heavy (non-hydrogen) atoms. The van der Waals surface area contributed by atoms with Crippen molar-refractivity contribution in [1.29, 1.82) is 0 Å². The van der Waals surface area contributed by atoms with Gasteiger partial charge < -0.3 is 4.90 Å². The average Bonchev–Trinajstić information content (AvgIpc) is 3.25. The maximum Gasteiger partial charge on any atom is 0.282 e. The normalized spacial score (nSPS) is 11.4. The number of carbonyl (C=O) groups is 2. The largest absolute Gasteiger partial charge is 0.331 e. The molecule has 1 aromatic heterocycles. The molecule has 0 saturated heterocycles. The SMILES string of the molecule is CCCN(CC(=O)c1c(-c2ccccc2)[nH]n(-c2ccccc2)c1=O)C(=O)c1ccc(C(C)(C)C)cc1. The molecule has 0 spiro atoms. The fourth-order valence-electron chi connectivity index (χ4n) is 4.34. The van der Waals surface area contributed by atoms with Gasteiger partial charge in [-0.3, -0.25) is 19.5 Å². The van der Waals surface area contributed by atoms with Crippen molar-refractivity contribution in [3.8, 4) is 16.9 Å². The van der Waals surface area contributed by atoms with Gasteiger partial charge in [0.05, 0.1) is 17.9 Å². The molecule has 0 aliphatic carbocycles. The molecule has 0 aliphatic heterocycles. The van der Waals surface area contributed by atoms with E-state index in [0.29, 0.717) is 29.9 Å². The zero-order chi connectivity index (χ0) is 26.6. The summed E-state index contributed by atoms with van der Waals surface area (Å²) in [6.07, 6.45) is 0.687. The van der Waals surface area contributed by atoms with Gasteiger partial charge in [-0.2, -0.15) is 0 Å². The highest BCUT2D eigenvalue weighted by molar-refractivity contribution is 6.05. The summed E-state index contributed by atoms with van der Waals surface area (Å²) < 4.78 is 1.38. The Bertz CT molecular complexity index is 1430. The number of aromatic nitrogens is 2. The molecule has 4 rings (SSSR count). The van der Waals surface area contributed by atoms with E-state index in [1.165, 1.54) is 9.58 Å². The Morgan fingerprint density at radius 2 is 1.46 bits per heavy atom. The van der Waals surface area contributed by atoms with Gasteiger partial charge >= 0.3 is 0 Å². The lowest BCUT2D eigenvalue weighted by Gasteiger charge is -2.23. The average molecular weight is 496 g/mol. The van der Waals surface area contributed by atoms with E-state index in [2.05, 4.69) is 25.9 Å². The van der Waals surface area contributed by atoms with E-state index < -0.39 is 11.3 Å². The molecule has 0 atom stereocenters. The smallest absolute Gasteiger partial charge is 0.282 e. The first-order valence-electron chi connectivity index (χ1n) is 12.6. The molecular weight excluding hydrogens is 462 g/mol. The van der Waals surface area contributed by atoms with Crippen LogP contribution < -0.4 is 5.56 Å². The third kappa shape index (κ3) is 5.64. The summed E-state index contributed by atoms with van der Waals surface area (Å²) in [5.74, 6) is -0.626. The first-order valence-corrected chi connectivity index (χ1v) is 12.6. The van der Waals surface area contributed by atoms with Crippen LogP contribution >= 0.6 is 0 Å². The van der Waals surface area contributed by atoms with E-state index in [0.717, 1.165) is 11.1 Å². The summed E-state index contributed by atoms with van der Waals surface area (Å²) in [5, 5.41) is 3.13. The van der Waals surface area contributed by atoms with Crippen molar-refractivity contribution in [3.63, 3.8) is 0 Å². The van der Waals surface area contributed by atoms with Crippen molar-refractivity contribution in [1.82, 2.24) is 14.7 Å². The highest BCUT2D eigenvalue weighted by Gasteiger charge is 2.27. The van der Waals surface area contributed by atoms with Crippen molar-refractivity contribution in [2.24, 2.45) is 0 Å². The summed E-state index contributed by atoms with van der Waals surface area (Å²) in [4.78, 5) is 42.1. The minimum absolute atomic E-state index is 0.0264. The van der Waals surface area contributed by atoms with E-state index in [1.807, 2.05) is 79.7 Å². The number of ketones is 1. The van der Waals surface area contributed by atoms with Crippen LogP contribution in [-0.4, -0.2) is 39.5 Å². The molecule has 4 aromatic rings. The molecule has 1 heterocycles. The van der Waals surface area contributed by atoms with E-state index in [9.17, 15) is 14.4 Å². The standard InChI is InChI=1S/C31H33N3O3/c1-5-20-33(29(36)23-16-18-24(19-17-23)31(2,3)4)21-26(35)27-28(22-12-8-6-9-13-22)32-34(30(27)37)25-14-10-7-11-15-25/h6-19,32H,5,20-21H2,1-4H3. The van der Waals surface area contributed by atoms with Gasteiger partial charge in [-0.05, 0) is 41.7 Å². The number of benzene rings is 3. The van der Waals surface area contributed by atoms with Crippen molar-refractivity contribution in [3.05, 3.63) is 112 Å². The number of carbonyl (C=O) groups excluding carboxylic acids is 2. The zero-order valence-corrected chi connectivity index (χ0v) is 21.8. The minimum atomic E-state index is -0.437. The summed E-state index contributed by atoms with van der Waals surface area (Å²) in [6.45, 7) is 8.54. The van der Waals surface area contributed by atoms with Crippen LogP contribution in [0.4, 0.5) is 0 Å². The van der Waals surface area contributed by atoms with Gasteiger partial charge in [0.1, 0.15) is 5.56 Å². The Labute approximate surface area is 217 Å². The summed E-state index contributed by atoms with van der Waals surface area (Å²) in [5.41, 5.74) is 3.03. The zero-order valence-electron chi connectivity index (χ0n) is 21.8. The van der Waals surface area contributed by atoms with E-state index in [-0.39, 0.29) is 23.4 Å². The number of para-hydroxylation sites is 1. The second-order valence-corrected chi connectivity index (χ2v) is 10.2. The van der Waals surface area contributed by atoms with Crippen LogP contribution in [0.15, 0.2) is 89.7 Å². The lowest BCUT2D eigenvalue weighted by Crippen LogP contribution is -2.37. The number of amides is 1. The fourth-order valence-corrected chi connectivity index (χ4v) is 4.34. The van der Waals surface area contributed by atoms with Gasteiger partial charge in [-0.1, -0.05) is 88.4 Å². The lowest BCUT2D eigenvalue weighted by atomic mass is 9.86. The van der Waals surface area contributed by atoms with Gasteiger partial charge in [-0.15, -0.1) is 0 Å². The monoisotopic (exact) mass is 495 g/mol. The lowest BCUT2D eigenvalue weighted by molar-refractivity contribution is 0.0709. The van der Waals surface area contributed by atoms with E-state index in [4.69, 9.17) is 0 Å². The molecule has 0 radical (unpaired) electrons. The Kier molecular flexibility index (Phi) is 7.58. The Hall–Kier alpha value is -4.19. The van der Waals surface area contributed by atoms with E-state index >= 15 is 0 Å². The van der Waals surface area contributed by atoms with Crippen LogP contribution in [0.3, 0.4) is 0 Å². The molecule has 0 fully saturated rings. The Morgan fingerprint density at radius 3 is 2.03 bits per heavy atom. The number of hydrogen-bond acceptors (Lipinski definition) is 3. The maximum absolute atomic E-state index is 13.7. The van der Waals surface area contributed by atoms with Gasteiger partial charge in [0.2, 0.25) is 0 Å². The van der Waals surface area contributed by atoms with Crippen LogP contribution in [-0.2, 0) is 5.41 Å². The third-order valence-electron chi connectivity index (χ3n) is 6.36. The minimum Gasteiger partial charge on any atom is -0.331 e. The maximum atomic E-state index is 13.7. The molecular formula is C31H33N3O3. The second-order valence-electron chi connectivity index (χ2n) is 10.2.